The Bertz CT molecular complexity index is 577. The van der Waals surface area contributed by atoms with Crippen molar-refractivity contribution in [2.45, 2.75) is 13.1 Å². The monoisotopic (exact) mass is 300 g/mol. The second kappa shape index (κ2) is 7.09. The zero-order valence-corrected chi connectivity index (χ0v) is 12.4. The summed E-state index contributed by atoms with van der Waals surface area (Å²) in [5.74, 6) is 0.766. The molecule has 0 aliphatic carbocycles. The second-order valence-electron chi connectivity index (χ2n) is 5.32. The maximum absolute atomic E-state index is 12.1. The van der Waals surface area contributed by atoms with Gasteiger partial charge in [-0.25, -0.2) is 4.79 Å². The molecule has 0 radical (unpaired) electrons. The summed E-state index contributed by atoms with van der Waals surface area (Å²) >= 11 is 0. The fourth-order valence-corrected chi connectivity index (χ4v) is 2.52. The molecule has 0 unspecified atom stereocenters. The summed E-state index contributed by atoms with van der Waals surface area (Å²) in [5.41, 5.74) is 1.07. The first-order chi connectivity index (χ1) is 10.8. The number of rotatable bonds is 4. The Morgan fingerprint density at radius 2 is 2.05 bits per heavy atom. The van der Waals surface area contributed by atoms with Crippen molar-refractivity contribution >= 4 is 6.03 Å². The van der Waals surface area contributed by atoms with Gasteiger partial charge in [0.2, 0.25) is 0 Å². The van der Waals surface area contributed by atoms with E-state index in [0.29, 0.717) is 6.54 Å². The van der Waals surface area contributed by atoms with Crippen molar-refractivity contribution in [1.82, 2.24) is 20.1 Å². The molecule has 1 N–H and O–H groups in total. The number of furan rings is 1. The molecule has 3 heterocycles. The number of amides is 2. The fraction of sp³-hybridized carbons (Fsp3) is 0.375. The number of carbonyl (C=O) groups is 1. The first kappa shape index (κ1) is 14.6. The number of piperazine rings is 1. The summed E-state index contributed by atoms with van der Waals surface area (Å²) in [6, 6.07) is 9.59. The molecule has 22 heavy (non-hydrogen) atoms. The van der Waals surface area contributed by atoms with E-state index >= 15 is 0 Å². The largest absolute Gasteiger partial charge is 0.467 e. The minimum Gasteiger partial charge on any atom is -0.467 e. The highest BCUT2D eigenvalue weighted by atomic mass is 16.3. The van der Waals surface area contributed by atoms with Crippen LogP contribution in [0.5, 0.6) is 0 Å². The molecule has 0 spiro atoms. The van der Waals surface area contributed by atoms with Gasteiger partial charge in [-0.1, -0.05) is 6.07 Å². The summed E-state index contributed by atoms with van der Waals surface area (Å²) in [4.78, 5) is 20.6. The van der Waals surface area contributed by atoms with Crippen LogP contribution in [0.15, 0.2) is 47.2 Å². The molecular formula is C16H20N4O2. The molecule has 2 aromatic rings. The third-order valence-corrected chi connectivity index (χ3v) is 3.77. The molecule has 1 aliphatic heterocycles. The molecule has 1 aliphatic rings. The third kappa shape index (κ3) is 3.85. The molecule has 2 aromatic heterocycles. The van der Waals surface area contributed by atoms with Crippen LogP contribution in [0.2, 0.25) is 0 Å². The van der Waals surface area contributed by atoms with Crippen molar-refractivity contribution in [2.24, 2.45) is 0 Å². The second-order valence-corrected chi connectivity index (χ2v) is 5.32. The van der Waals surface area contributed by atoms with Crippen molar-refractivity contribution in [3.05, 3.63) is 54.2 Å². The lowest BCUT2D eigenvalue weighted by atomic mass is 10.3. The van der Waals surface area contributed by atoms with Crippen molar-refractivity contribution in [3.8, 4) is 0 Å². The first-order valence-electron chi connectivity index (χ1n) is 7.49. The Hall–Kier alpha value is -2.34. The quantitative estimate of drug-likeness (QED) is 0.933. The maximum atomic E-state index is 12.1. The van der Waals surface area contributed by atoms with Crippen LogP contribution < -0.4 is 5.32 Å². The topological polar surface area (TPSA) is 61.6 Å². The van der Waals surface area contributed by atoms with E-state index in [1.165, 1.54) is 0 Å². The number of hydrogen-bond donors (Lipinski definition) is 1. The van der Waals surface area contributed by atoms with Crippen molar-refractivity contribution in [3.63, 3.8) is 0 Å². The average Bonchev–Trinajstić information content (AvgIpc) is 3.08. The maximum Gasteiger partial charge on any atom is 0.317 e. The number of aromatic nitrogens is 1. The molecule has 3 rings (SSSR count). The van der Waals surface area contributed by atoms with Crippen molar-refractivity contribution in [2.75, 3.05) is 26.2 Å². The summed E-state index contributed by atoms with van der Waals surface area (Å²) in [6.07, 6.45) is 3.42. The van der Waals surface area contributed by atoms with Crippen LogP contribution >= 0.6 is 0 Å². The summed E-state index contributed by atoms with van der Waals surface area (Å²) in [5, 5.41) is 2.88. The predicted octanol–water partition coefficient (Wildman–Crippen LogP) is 1.70. The van der Waals surface area contributed by atoms with Crippen LogP contribution in [0.25, 0.3) is 0 Å². The van der Waals surface area contributed by atoms with E-state index in [0.717, 1.165) is 44.2 Å². The Balaban J connectivity index is 1.42. The molecule has 0 bridgehead atoms. The number of pyridine rings is 1. The van der Waals surface area contributed by atoms with Crippen LogP contribution in [-0.4, -0.2) is 47.0 Å². The number of hydrogen-bond acceptors (Lipinski definition) is 4. The Kier molecular flexibility index (Phi) is 4.70. The fourth-order valence-electron chi connectivity index (χ4n) is 2.52. The molecule has 2 amide bonds. The van der Waals surface area contributed by atoms with Gasteiger partial charge >= 0.3 is 6.03 Å². The van der Waals surface area contributed by atoms with Gasteiger partial charge in [-0.3, -0.25) is 9.88 Å². The van der Waals surface area contributed by atoms with Crippen molar-refractivity contribution < 1.29 is 9.21 Å². The Morgan fingerprint density at radius 1 is 1.18 bits per heavy atom. The minimum atomic E-state index is -0.0334. The van der Waals surface area contributed by atoms with E-state index in [9.17, 15) is 4.79 Å². The molecule has 116 valence electrons. The van der Waals surface area contributed by atoms with Gasteiger partial charge < -0.3 is 14.6 Å². The van der Waals surface area contributed by atoms with E-state index in [4.69, 9.17) is 4.42 Å². The van der Waals surface area contributed by atoms with Crippen LogP contribution in [0, 0.1) is 0 Å². The van der Waals surface area contributed by atoms with E-state index < -0.39 is 0 Å². The lowest BCUT2D eigenvalue weighted by Crippen LogP contribution is -2.51. The summed E-state index contributed by atoms with van der Waals surface area (Å²) in [7, 11) is 0. The summed E-state index contributed by atoms with van der Waals surface area (Å²) in [6.45, 7) is 4.46. The standard InChI is InChI=1S/C16H20N4O2/c21-16(18-12-15-5-3-11-22-15)20-9-7-19(8-10-20)13-14-4-1-2-6-17-14/h1-6,11H,7-10,12-13H2,(H,18,21). The molecule has 1 saturated heterocycles. The van der Waals surface area contributed by atoms with Crippen molar-refractivity contribution in [1.29, 1.82) is 0 Å². The van der Waals surface area contributed by atoms with Crippen LogP contribution in [0.4, 0.5) is 4.79 Å². The van der Waals surface area contributed by atoms with Gasteiger partial charge in [-0.05, 0) is 24.3 Å². The van der Waals surface area contributed by atoms with Gasteiger partial charge in [0.05, 0.1) is 18.5 Å². The Morgan fingerprint density at radius 3 is 2.73 bits per heavy atom. The summed E-state index contributed by atoms with van der Waals surface area (Å²) < 4.78 is 5.21. The van der Waals surface area contributed by atoms with Crippen LogP contribution in [-0.2, 0) is 13.1 Å². The number of urea groups is 1. The zero-order chi connectivity index (χ0) is 15.2. The molecule has 0 saturated carbocycles. The SMILES string of the molecule is O=C(NCc1ccco1)N1CCN(Cc2ccccn2)CC1. The van der Waals surface area contributed by atoms with E-state index in [-0.39, 0.29) is 6.03 Å². The molecule has 6 nitrogen and oxygen atoms in total. The molecular weight excluding hydrogens is 280 g/mol. The minimum absolute atomic E-state index is 0.0334. The van der Waals surface area contributed by atoms with Gasteiger partial charge in [-0.2, -0.15) is 0 Å². The zero-order valence-electron chi connectivity index (χ0n) is 12.4. The number of carbonyl (C=O) groups excluding carboxylic acids is 1. The first-order valence-corrected chi connectivity index (χ1v) is 7.49. The highest BCUT2D eigenvalue weighted by Gasteiger charge is 2.21. The van der Waals surface area contributed by atoms with Crippen LogP contribution in [0.1, 0.15) is 11.5 Å². The highest BCUT2D eigenvalue weighted by Crippen LogP contribution is 2.07. The third-order valence-electron chi connectivity index (χ3n) is 3.77. The molecule has 6 heteroatoms. The van der Waals surface area contributed by atoms with E-state index in [2.05, 4.69) is 15.2 Å². The van der Waals surface area contributed by atoms with Crippen LogP contribution in [0.3, 0.4) is 0 Å². The van der Waals surface area contributed by atoms with Gasteiger partial charge in [0, 0.05) is 38.9 Å². The Labute approximate surface area is 129 Å². The lowest BCUT2D eigenvalue weighted by molar-refractivity contribution is 0.134. The lowest BCUT2D eigenvalue weighted by Gasteiger charge is -2.34. The smallest absolute Gasteiger partial charge is 0.317 e. The average molecular weight is 300 g/mol. The molecule has 1 fully saturated rings. The van der Waals surface area contributed by atoms with Gasteiger partial charge in [0.25, 0.3) is 0 Å². The molecule has 0 aromatic carbocycles. The van der Waals surface area contributed by atoms with E-state index in [1.807, 2.05) is 41.4 Å². The highest BCUT2D eigenvalue weighted by molar-refractivity contribution is 5.74. The predicted molar refractivity (Wildman–Crippen MR) is 82.0 cm³/mol. The van der Waals surface area contributed by atoms with Gasteiger partial charge in [-0.15, -0.1) is 0 Å². The normalized spacial score (nSPS) is 15.7. The number of nitrogens with one attached hydrogen (secondary N) is 1. The molecule has 0 atom stereocenters. The number of nitrogens with zero attached hydrogens (tertiary/aromatic N) is 3. The van der Waals surface area contributed by atoms with Gasteiger partial charge in [0.1, 0.15) is 5.76 Å². The van der Waals surface area contributed by atoms with Gasteiger partial charge in [0.15, 0.2) is 0 Å². The van der Waals surface area contributed by atoms with E-state index in [1.54, 1.807) is 6.26 Å².